The van der Waals surface area contributed by atoms with Gasteiger partial charge in [0.15, 0.2) is 0 Å². The minimum atomic E-state index is 0.530. The molecule has 0 aliphatic heterocycles. The number of hydrogen-bond acceptors (Lipinski definition) is 2. The van der Waals surface area contributed by atoms with Gasteiger partial charge in [-0.3, -0.25) is 0 Å². The lowest BCUT2D eigenvalue weighted by Gasteiger charge is -2.03. The SMILES string of the molecule is N#Cc1cccc(CNCC(Cl)=CCl)c1. The molecule has 1 aromatic rings. The van der Waals surface area contributed by atoms with Crippen molar-refractivity contribution in [1.82, 2.24) is 5.32 Å². The lowest BCUT2D eigenvalue weighted by atomic mass is 10.1. The predicted molar refractivity (Wildman–Crippen MR) is 62.7 cm³/mol. The van der Waals surface area contributed by atoms with E-state index in [0.717, 1.165) is 5.56 Å². The summed E-state index contributed by atoms with van der Waals surface area (Å²) in [5.74, 6) is 0. The van der Waals surface area contributed by atoms with Crippen molar-refractivity contribution in [2.75, 3.05) is 6.54 Å². The molecule has 0 spiro atoms. The molecule has 1 aromatic carbocycles. The van der Waals surface area contributed by atoms with Gasteiger partial charge in [0.25, 0.3) is 0 Å². The Morgan fingerprint density at radius 3 is 3.00 bits per heavy atom. The van der Waals surface area contributed by atoms with Gasteiger partial charge in [-0.05, 0) is 17.7 Å². The van der Waals surface area contributed by atoms with Gasteiger partial charge in [0.1, 0.15) is 0 Å². The molecular weight excluding hydrogens is 231 g/mol. The zero-order valence-electron chi connectivity index (χ0n) is 8.00. The standard InChI is InChI=1S/C11H10Cl2N2/c12-5-11(13)8-15-7-10-3-1-2-9(4-10)6-14/h1-5,15H,7-8H2. The molecule has 4 heteroatoms. The van der Waals surface area contributed by atoms with Crippen LogP contribution in [-0.4, -0.2) is 6.54 Å². The summed E-state index contributed by atoms with van der Waals surface area (Å²) in [6.07, 6.45) is 0. The maximum atomic E-state index is 8.70. The Labute approximate surface area is 99.1 Å². The number of nitrogens with one attached hydrogen (secondary N) is 1. The molecule has 1 rings (SSSR count). The van der Waals surface area contributed by atoms with Crippen molar-refractivity contribution in [3.05, 3.63) is 46.0 Å². The topological polar surface area (TPSA) is 35.8 Å². The maximum Gasteiger partial charge on any atom is 0.0991 e. The molecule has 0 unspecified atom stereocenters. The van der Waals surface area contributed by atoms with E-state index in [4.69, 9.17) is 28.5 Å². The smallest absolute Gasteiger partial charge is 0.0991 e. The Kier molecular flexibility index (Phi) is 5.20. The third-order valence-corrected chi connectivity index (χ3v) is 2.42. The quantitative estimate of drug-likeness (QED) is 0.879. The van der Waals surface area contributed by atoms with Crippen molar-refractivity contribution in [1.29, 1.82) is 5.26 Å². The van der Waals surface area contributed by atoms with Crippen LogP contribution in [0.25, 0.3) is 0 Å². The second kappa shape index (κ2) is 6.47. The van der Waals surface area contributed by atoms with Crippen LogP contribution in [0.5, 0.6) is 0 Å². The molecule has 78 valence electrons. The van der Waals surface area contributed by atoms with Gasteiger partial charge in [0.05, 0.1) is 11.6 Å². The van der Waals surface area contributed by atoms with E-state index in [1.165, 1.54) is 5.54 Å². The average molecular weight is 241 g/mol. The van der Waals surface area contributed by atoms with Crippen molar-refractivity contribution >= 4 is 23.2 Å². The van der Waals surface area contributed by atoms with Crippen LogP contribution in [0.4, 0.5) is 0 Å². The Hall–Kier alpha value is -1.01. The van der Waals surface area contributed by atoms with E-state index in [2.05, 4.69) is 11.4 Å². The Morgan fingerprint density at radius 1 is 1.53 bits per heavy atom. The molecule has 0 heterocycles. The zero-order chi connectivity index (χ0) is 11.1. The van der Waals surface area contributed by atoms with Gasteiger partial charge >= 0.3 is 0 Å². The third kappa shape index (κ3) is 4.35. The molecule has 1 N–H and O–H groups in total. The number of nitrogens with zero attached hydrogens (tertiary/aromatic N) is 1. The highest BCUT2D eigenvalue weighted by molar-refractivity contribution is 6.36. The molecule has 0 bridgehead atoms. The molecule has 0 atom stereocenters. The fraction of sp³-hybridized carbons (Fsp3) is 0.182. The lowest BCUT2D eigenvalue weighted by Crippen LogP contribution is -2.14. The van der Waals surface area contributed by atoms with Crippen LogP contribution in [0.15, 0.2) is 34.8 Å². The van der Waals surface area contributed by atoms with Crippen molar-refractivity contribution < 1.29 is 0 Å². The Balaban J connectivity index is 2.48. The first-order valence-corrected chi connectivity index (χ1v) is 5.22. The van der Waals surface area contributed by atoms with Crippen molar-refractivity contribution in [3.63, 3.8) is 0 Å². The van der Waals surface area contributed by atoms with Gasteiger partial charge in [0.2, 0.25) is 0 Å². The molecule has 2 nitrogen and oxygen atoms in total. The molecule has 0 aliphatic carbocycles. The van der Waals surface area contributed by atoms with Gasteiger partial charge in [-0.1, -0.05) is 35.3 Å². The minimum Gasteiger partial charge on any atom is -0.308 e. The van der Waals surface area contributed by atoms with Crippen LogP contribution in [-0.2, 0) is 6.54 Å². The maximum absolute atomic E-state index is 8.70. The summed E-state index contributed by atoms with van der Waals surface area (Å²) in [6, 6.07) is 9.51. The molecule has 0 aliphatic rings. The second-order valence-corrected chi connectivity index (χ2v) is 3.68. The van der Waals surface area contributed by atoms with E-state index in [9.17, 15) is 0 Å². The van der Waals surface area contributed by atoms with Gasteiger partial charge in [-0.2, -0.15) is 5.26 Å². The normalized spacial score (nSPS) is 11.1. The number of hydrogen-bond donors (Lipinski definition) is 1. The van der Waals surface area contributed by atoms with Crippen LogP contribution in [0.2, 0.25) is 0 Å². The van der Waals surface area contributed by atoms with Crippen LogP contribution >= 0.6 is 23.2 Å². The lowest BCUT2D eigenvalue weighted by molar-refractivity contribution is 0.754. The molecule has 0 amide bonds. The van der Waals surface area contributed by atoms with Crippen molar-refractivity contribution in [3.8, 4) is 6.07 Å². The van der Waals surface area contributed by atoms with E-state index in [0.29, 0.717) is 23.7 Å². The highest BCUT2D eigenvalue weighted by Crippen LogP contribution is 2.05. The van der Waals surface area contributed by atoms with E-state index >= 15 is 0 Å². The number of nitriles is 1. The van der Waals surface area contributed by atoms with Gasteiger partial charge in [-0.25, -0.2) is 0 Å². The van der Waals surface area contributed by atoms with Crippen molar-refractivity contribution in [2.45, 2.75) is 6.54 Å². The Morgan fingerprint density at radius 2 is 2.33 bits per heavy atom. The predicted octanol–water partition coefficient (Wildman–Crippen LogP) is 2.97. The summed E-state index contributed by atoms with van der Waals surface area (Å²) in [5.41, 5.74) is 3.04. The Bertz CT molecular complexity index is 394. The summed E-state index contributed by atoms with van der Waals surface area (Å²) in [6.45, 7) is 1.19. The van der Waals surface area contributed by atoms with Crippen LogP contribution < -0.4 is 5.32 Å². The molecule has 0 fully saturated rings. The molecule has 0 saturated heterocycles. The largest absolute Gasteiger partial charge is 0.308 e. The minimum absolute atomic E-state index is 0.530. The van der Waals surface area contributed by atoms with Gasteiger partial charge in [-0.15, -0.1) is 0 Å². The first-order valence-electron chi connectivity index (χ1n) is 4.41. The van der Waals surface area contributed by atoms with E-state index in [-0.39, 0.29) is 0 Å². The van der Waals surface area contributed by atoms with E-state index < -0.39 is 0 Å². The first-order chi connectivity index (χ1) is 7.26. The number of halogens is 2. The highest BCUT2D eigenvalue weighted by Gasteiger charge is 1.95. The number of rotatable bonds is 4. The van der Waals surface area contributed by atoms with Gasteiger partial charge < -0.3 is 5.32 Å². The van der Waals surface area contributed by atoms with Gasteiger partial charge in [0, 0.05) is 23.7 Å². The molecule has 0 aromatic heterocycles. The van der Waals surface area contributed by atoms with Crippen LogP contribution in [0.1, 0.15) is 11.1 Å². The monoisotopic (exact) mass is 240 g/mol. The van der Waals surface area contributed by atoms with Crippen molar-refractivity contribution in [2.24, 2.45) is 0 Å². The fourth-order valence-corrected chi connectivity index (χ4v) is 1.29. The first kappa shape index (κ1) is 12.1. The molecule has 0 saturated carbocycles. The highest BCUT2D eigenvalue weighted by atomic mass is 35.5. The third-order valence-electron chi connectivity index (χ3n) is 1.80. The van der Waals surface area contributed by atoms with E-state index in [1.54, 1.807) is 6.07 Å². The van der Waals surface area contributed by atoms with E-state index in [1.807, 2.05) is 18.2 Å². The van der Waals surface area contributed by atoms with Crippen LogP contribution in [0.3, 0.4) is 0 Å². The molecular formula is C11H10Cl2N2. The summed E-state index contributed by atoms with van der Waals surface area (Å²) >= 11 is 11.1. The average Bonchev–Trinajstić information content (AvgIpc) is 2.29. The summed E-state index contributed by atoms with van der Waals surface area (Å²) in [5, 5.41) is 12.4. The van der Waals surface area contributed by atoms with Crippen LogP contribution in [0, 0.1) is 11.3 Å². The zero-order valence-corrected chi connectivity index (χ0v) is 9.52. The molecule has 0 radical (unpaired) electrons. The molecule has 15 heavy (non-hydrogen) atoms. The fourth-order valence-electron chi connectivity index (χ4n) is 1.12. The second-order valence-electron chi connectivity index (χ2n) is 2.97. The summed E-state index contributed by atoms with van der Waals surface area (Å²) < 4.78 is 0. The summed E-state index contributed by atoms with van der Waals surface area (Å²) in [7, 11) is 0. The number of benzene rings is 1. The summed E-state index contributed by atoms with van der Waals surface area (Å²) in [4.78, 5) is 0.